The number of nitrogens with one attached hydrogen (secondary N) is 2. The van der Waals surface area contributed by atoms with Crippen molar-refractivity contribution in [2.75, 3.05) is 45.7 Å². The minimum atomic E-state index is -0.542. The van der Waals surface area contributed by atoms with Crippen molar-refractivity contribution in [1.82, 2.24) is 25.3 Å². The number of benzene rings is 1. The summed E-state index contributed by atoms with van der Waals surface area (Å²) in [4.78, 5) is 19.3. The molecule has 1 heterocycles. The summed E-state index contributed by atoms with van der Waals surface area (Å²) in [5.41, 5.74) is -0.148. The monoisotopic (exact) mass is 581 g/mol. The summed E-state index contributed by atoms with van der Waals surface area (Å²) >= 11 is 13.1. The Balaban J connectivity index is 2.49. The van der Waals surface area contributed by atoms with Gasteiger partial charge in [0.1, 0.15) is 5.60 Å². The molecule has 9 heteroatoms. The summed E-state index contributed by atoms with van der Waals surface area (Å²) in [6.45, 7) is 22.3. The molecule has 1 aliphatic heterocycles. The van der Waals surface area contributed by atoms with Gasteiger partial charge >= 0.3 is 6.09 Å². The van der Waals surface area contributed by atoms with Crippen molar-refractivity contribution in [3.8, 4) is 0 Å². The van der Waals surface area contributed by atoms with Crippen LogP contribution < -0.4 is 10.6 Å². The Morgan fingerprint density at radius 3 is 2.41 bits per heavy atom. The van der Waals surface area contributed by atoms with Gasteiger partial charge in [0.2, 0.25) is 0 Å². The van der Waals surface area contributed by atoms with Crippen molar-refractivity contribution in [3.05, 3.63) is 59.5 Å². The molecule has 39 heavy (non-hydrogen) atoms. The van der Waals surface area contributed by atoms with E-state index in [4.69, 9.17) is 27.9 Å². The third-order valence-corrected chi connectivity index (χ3v) is 7.63. The van der Waals surface area contributed by atoms with E-state index >= 15 is 0 Å². The molecule has 1 amide bonds. The highest BCUT2D eigenvalue weighted by Gasteiger charge is 2.50. The Morgan fingerprint density at radius 1 is 1.26 bits per heavy atom. The van der Waals surface area contributed by atoms with Crippen LogP contribution in [-0.4, -0.2) is 83.6 Å². The second-order valence-electron chi connectivity index (χ2n) is 12.2. The number of nitrogens with zero attached hydrogens (tertiary/aromatic N) is 3. The normalized spacial score (nSPS) is 16.9. The molecule has 0 bridgehead atoms. The Hall–Kier alpha value is -2.09. The third-order valence-electron chi connectivity index (χ3n) is 6.86. The highest BCUT2D eigenvalue weighted by Crippen LogP contribution is 2.37. The number of hydrogen-bond donors (Lipinski definition) is 2. The van der Waals surface area contributed by atoms with E-state index in [1.165, 1.54) is 0 Å². The molecule has 2 N–H and O–H groups in total. The Kier molecular flexibility index (Phi) is 11.9. The topological polar surface area (TPSA) is 60.1 Å². The van der Waals surface area contributed by atoms with E-state index in [2.05, 4.69) is 66.8 Å². The summed E-state index contributed by atoms with van der Waals surface area (Å²) in [5, 5.41) is 7.47. The van der Waals surface area contributed by atoms with E-state index in [-0.39, 0.29) is 17.6 Å². The van der Waals surface area contributed by atoms with Gasteiger partial charge in [-0.2, -0.15) is 0 Å². The van der Waals surface area contributed by atoms with Crippen LogP contribution in [0.4, 0.5) is 4.79 Å². The van der Waals surface area contributed by atoms with Crippen LogP contribution in [0, 0.1) is 5.41 Å². The average molecular weight is 583 g/mol. The lowest BCUT2D eigenvalue weighted by Crippen LogP contribution is -2.67. The maximum Gasteiger partial charge on any atom is 0.410 e. The molecule has 1 aromatic carbocycles. The first-order chi connectivity index (χ1) is 18.2. The van der Waals surface area contributed by atoms with Crippen LogP contribution in [0.3, 0.4) is 0 Å². The molecule has 0 aliphatic carbocycles. The molecule has 7 nitrogen and oxygen atoms in total. The molecular formula is C30H49Cl2N5O2. The molecule has 0 radical (unpaired) electrons. The van der Waals surface area contributed by atoms with E-state index in [9.17, 15) is 4.79 Å². The van der Waals surface area contributed by atoms with Gasteiger partial charge in [-0.15, -0.1) is 11.6 Å². The first-order valence-electron chi connectivity index (χ1n) is 13.8. The van der Waals surface area contributed by atoms with Gasteiger partial charge in [-0.1, -0.05) is 30.3 Å². The zero-order chi connectivity index (χ0) is 29.4. The van der Waals surface area contributed by atoms with Gasteiger partial charge < -0.3 is 25.2 Å². The van der Waals surface area contributed by atoms with Crippen LogP contribution in [0.25, 0.3) is 0 Å². The number of carbonyl (C=O) groups is 1. The first kappa shape index (κ1) is 33.1. The maximum atomic E-state index is 12.9. The molecule has 0 saturated carbocycles. The average Bonchev–Trinajstić information content (AvgIpc) is 2.82. The van der Waals surface area contributed by atoms with Gasteiger partial charge in [0.15, 0.2) is 0 Å². The number of alkyl halides is 1. The lowest BCUT2D eigenvalue weighted by atomic mass is 9.77. The van der Waals surface area contributed by atoms with Gasteiger partial charge in [-0.05, 0) is 78.4 Å². The van der Waals surface area contributed by atoms with Crippen molar-refractivity contribution in [1.29, 1.82) is 0 Å². The predicted octanol–water partition coefficient (Wildman–Crippen LogP) is 5.90. The number of amides is 1. The number of hydrogen-bond acceptors (Lipinski definition) is 6. The van der Waals surface area contributed by atoms with E-state index in [1.807, 2.05) is 52.2 Å². The molecule has 1 unspecified atom stereocenters. The highest BCUT2D eigenvalue weighted by atomic mass is 35.5. The smallest absolute Gasteiger partial charge is 0.410 e. The standard InChI is InChI=1S/C30H49Cl2N5O2/c1-10-35(11-2)19-30(20-36(21-30)27(38)39-28(5,6)7)22-37(17-24-13-12-14-25(32)15-24)29(8,18-31)16-26(33-9)34-23(3)4/h10,12-16,23,33-34H,1,11,17-22H2,2-9H3/b26-16+. The molecule has 1 atom stereocenters. The SMILES string of the molecule is C=CN(CC)CC1(CN(Cc2cccc(Cl)c2)C(C)(/C=C(\NC)NC(C)C)CCl)CN(C(=O)OC(C)(C)C)C1. The summed E-state index contributed by atoms with van der Waals surface area (Å²) in [5.74, 6) is 1.30. The molecule has 1 saturated heterocycles. The van der Waals surface area contributed by atoms with E-state index in [1.54, 1.807) is 4.90 Å². The minimum absolute atomic E-state index is 0.202. The van der Waals surface area contributed by atoms with E-state index in [0.29, 0.717) is 37.1 Å². The lowest BCUT2D eigenvalue weighted by Gasteiger charge is -2.55. The molecule has 1 aromatic rings. The fraction of sp³-hybridized carbons (Fsp3) is 0.633. The lowest BCUT2D eigenvalue weighted by molar-refractivity contribution is -0.0651. The van der Waals surface area contributed by atoms with Gasteiger partial charge in [0, 0.05) is 68.7 Å². The minimum Gasteiger partial charge on any atom is -0.444 e. The van der Waals surface area contributed by atoms with Crippen LogP contribution in [-0.2, 0) is 11.3 Å². The second kappa shape index (κ2) is 14.0. The number of rotatable bonds is 14. The molecule has 1 aliphatic rings. The van der Waals surface area contributed by atoms with Crippen molar-refractivity contribution in [3.63, 3.8) is 0 Å². The molecule has 2 rings (SSSR count). The highest BCUT2D eigenvalue weighted by molar-refractivity contribution is 6.30. The summed E-state index contributed by atoms with van der Waals surface area (Å²) in [7, 11) is 1.91. The van der Waals surface area contributed by atoms with Gasteiger partial charge in [0.25, 0.3) is 0 Å². The zero-order valence-corrected chi connectivity index (χ0v) is 26.6. The van der Waals surface area contributed by atoms with Crippen LogP contribution >= 0.6 is 23.2 Å². The summed E-state index contributed by atoms with van der Waals surface area (Å²) in [6, 6.07) is 8.21. The molecular weight excluding hydrogens is 533 g/mol. The van der Waals surface area contributed by atoms with Crippen LogP contribution in [0.2, 0.25) is 5.02 Å². The number of carbonyl (C=O) groups excluding carboxylic acids is 1. The van der Waals surface area contributed by atoms with Crippen molar-refractivity contribution in [2.45, 2.75) is 72.2 Å². The number of ether oxygens (including phenoxy) is 1. The van der Waals surface area contributed by atoms with Crippen LogP contribution in [0.5, 0.6) is 0 Å². The van der Waals surface area contributed by atoms with Gasteiger partial charge in [0.05, 0.1) is 11.4 Å². The van der Waals surface area contributed by atoms with Crippen molar-refractivity contribution >= 4 is 29.3 Å². The van der Waals surface area contributed by atoms with Crippen molar-refractivity contribution < 1.29 is 9.53 Å². The Bertz CT molecular complexity index is 988. The molecule has 0 spiro atoms. The van der Waals surface area contributed by atoms with Gasteiger partial charge in [-0.25, -0.2) is 4.79 Å². The summed E-state index contributed by atoms with van der Waals surface area (Å²) < 4.78 is 5.68. The van der Waals surface area contributed by atoms with Gasteiger partial charge in [-0.3, -0.25) is 4.90 Å². The quantitative estimate of drug-likeness (QED) is 0.267. The predicted molar refractivity (Wildman–Crippen MR) is 164 cm³/mol. The molecule has 220 valence electrons. The van der Waals surface area contributed by atoms with Crippen LogP contribution in [0.15, 0.2) is 48.9 Å². The third kappa shape index (κ3) is 9.80. The fourth-order valence-corrected chi connectivity index (χ4v) is 5.36. The zero-order valence-electron chi connectivity index (χ0n) is 25.1. The van der Waals surface area contributed by atoms with E-state index < -0.39 is 11.1 Å². The fourth-order valence-electron chi connectivity index (χ4n) is 4.91. The molecule has 1 fully saturated rings. The second-order valence-corrected chi connectivity index (χ2v) is 12.9. The Morgan fingerprint density at radius 2 is 1.92 bits per heavy atom. The first-order valence-corrected chi connectivity index (χ1v) is 14.7. The number of halogens is 2. The maximum absolute atomic E-state index is 12.9. The van der Waals surface area contributed by atoms with Crippen molar-refractivity contribution in [2.24, 2.45) is 5.41 Å². The van der Waals surface area contributed by atoms with E-state index in [0.717, 1.165) is 24.5 Å². The summed E-state index contributed by atoms with van der Waals surface area (Å²) in [6.07, 6.45) is 3.78. The molecule has 0 aromatic heterocycles. The number of likely N-dealkylation sites (tertiary alicyclic amines) is 1. The Labute approximate surface area is 246 Å². The van der Waals surface area contributed by atoms with Crippen LogP contribution in [0.1, 0.15) is 54.0 Å². The largest absolute Gasteiger partial charge is 0.444 e.